The Bertz CT molecular complexity index is 891. The summed E-state index contributed by atoms with van der Waals surface area (Å²) in [6, 6.07) is 12.0. The molecular weight excluding hydrogens is 328 g/mol. The molecule has 0 aromatic heterocycles. The molecule has 4 heteroatoms. The van der Waals surface area contributed by atoms with Gasteiger partial charge in [0.2, 0.25) is 11.6 Å². The van der Waals surface area contributed by atoms with E-state index in [1.54, 1.807) is 38.1 Å². The molecule has 0 saturated heterocycles. The predicted molar refractivity (Wildman–Crippen MR) is 98.8 cm³/mol. The average Bonchev–Trinajstić information content (AvgIpc) is 2.69. The summed E-state index contributed by atoms with van der Waals surface area (Å²) in [6.07, 6.45) is 1.86. The van der Waals surface area contributed by atoms with E-state index in [9.17, 15) is 19.5 Å². The molecule has 1 aliphatic rings. The van der Waals surface area contributed by atoms with Crippen LogP contribution in [-0.2, 0) is 12.8 Å². The SMILES string of the molecule is CCC(O)(CC)C(=O)c1ccc2c(c1)C(=O)C(=O)c1ccccc1CC2. The van der Waals surface area contributed by atoms with Gasteiger partial charge in [0.1, 0.15) is 5.60 Å². The van der Waals surface area contributed by atoms with Crippen molar-refractivity contribution in [1.82, 2.24) is 0 Å². The fraction of sp³-hybridized carbons (Fsp3) is 0.318. The summed E-state index contributed by atoms with van der Waals surface area (Å²) in [5.41, 5.74) is 1.14. The van der Waals surface area contributed by atoms with Crippen molar-refractivity contribution in [2.75, 3.05) is 0 Å². The Balaban J connectivity index is 2.05. The van der Waals surface area contributed by atoms with Gasteiger partial charge in [-0.3, -0.25) is 14.4 Å². The number of aryl methyl sites for hydroxylation is 2. The number of carbonyl (C=O) groups excluding carboxylic acids is 3. The van der Waals surface area contributed by atoms with E-state index in [-0.39, 0.29) is 11.1 Å². The molecule has 0 radical (unpaired) electrons. The van der Waals surface area contributed by atoms with E-state index in [2.05, 4.69) is 0 Å². The molecule has 0 heterocycles. The third-order valence-corrected chi connectivity index (χ3v) is 5.34. The van der Waals surface area contributed by atoms with Gasteiger partial charge in [-0.05, 0) is 42.9 Å². The van der Waals surface area contributed by atoms with Gasteiger partial charge in [0, 0.05) is 16.7 Å². The maximum absolute atomic E-state index is 12.8. The molecule has 2 aromatic carbocycles. The molecule has 26 heavy (non-hydrogen) atoms. The Morgan fingerprint density at radius 2 is 1.50 bits per heavy atom. The third-order valence-electron chi connectivity index (χ3n) is 5.34. The Morgan fingerprint density at radius 3 is 2.15 bits per heavy atom. The van der Waals surface area contributed by atoms with Crippen LogP contribution in [-0.4, -0.2) is 28.1 Å². The fourth-order valence-electron chi connectivity index (χ4n) is 3.46. The molecular formula is C22H22O4. The number of fused-ring (bicyclic) bond motifs is 2. The number of carbonyl (C=O) groups is 3. The highest BCUT2D eigenvalue weighted by Gasteiger charge is 2.34. The molecule has 0 bridgehead atoms. The molecule has 0 spiro atoms. The first-order valence-corrected chi connectivity index (χ1v) is 8.98. The van der Waals surface area contributed by atoms with Gasteiger partial charge in [0.25, 0.3) is 0 Å². The second kappa shape index (κ2) is 6.96. The van der Waals surface area contributed by atoms with Crippen molar-refractivity contribution in [3.8, 4) is 0 Å². The van der Waals surface area contributed by atoms with Crippen molar-refractivity contribution >= 4 is 17.3 Å². The first-order valence-electron chi connectivity index (χ1n) is 8.98. The number of hydrogen-bond donors (Lipinski definition) is 1. The van der Waals surface area contributed by atoms with Gasteiger partial charge < -0.3 is 5.11 Å². The van der Waals surface area contributed by atoms with E-state index in [1.807, 2.05) is 12.1 Å². The summed E-state index contributed by atoms with van der Waals surface area (Å²) < 4.78 is 0. The molecule has 1 aliphatic carbocycles. The van der Waals surface area contributed by atoms with Crippen LogP contribution >= 0.6 is 0 Å². The van der Waals surface area contributed by atoms with Crippen LogP contribution in [0.15, 0.2) is 42.5 Å². The van der Waals surface area contributed by atoms with Crippen molar-refractivity contribution in [2.24, 2.45) is 0 Å². The van der Waals surface area contributed by atoms with Crippen LogP contribution in [0.3, 0.4) is 0 Å². The fourth-order valence-corrected chi connectivity index (χ4v) is 3.46. The van der Waals surface area contributed by atoms with E-state index in [0.717, 1.165) is 11.1 Å². The van der Waals surface area contributed by atoms with Gasteiger partial charge >= 0.3 is 0 Å². The predicted octanol–water partition coefficient (Wildman–Crippen LogP) is 3.58. The first-order chi connectivity index (χ1) is 12.4. The highest BCUT2D eigenvalue weighted by molar-refractivity contribution is 6.50. The standard InChI is InChI=1S/C22H22O4/c1-3-22(26,4-2)21(25)16-12-11-15-10-9-14-7-5-6-8-17(14)19(23)20(24)18(15)13-16/h5-8,11-13,26H,3-4,9-10H2,1-2H3. The van der Waals surface area contributed by atoms with E-state index in [1.165, 1.54) is 6.07 Å². The molecule has 134 valence electrons. The number of Topliss-reactive ketones (excluding diaryl/α,β-unsaturated/α-hetero) is 3. The molecule has 1 N–H and O–H groups in total. The maximum Gasteiger partial charge on any atom is 0.233 e. The Labute approximate surface area is 152 Å². The minimum atomic E-state index is -1.45. The van der Waals surface area contributed by atoms with Crippen molar-refractivity contribution in [3.05, 3.63) is 70.3 Å². The molecule has 0 aliphatic heterocycles. The summed E-state index contributed by atoms with van der Waals surface area (Å²) in [5.74, 6) is -1.56. The Kier molecular flexibility index (Phi) is 4.88. The van der Waals surface area contributed by atoms with Crippen LogP contribution in [0.4, 0.5) is 0 Å². The molecule has 0 fully saturated rings. The number of aliphatic hydroxyl groups is 1. The number of rotatable bonds is 4. The van der Waals surface area contributed by atoms with Gasteiger partial charge in [-0.2, -0.15) is 0 Å². The smallest absolute Gasteiger partial charge is 0.233 e. The van der Waals surface area contributed by atoms with Gasteiger partial charge in [-0.25, -0.2) is 0 Å². The molecule has 0 saturated carbocycles. The monoisotopic (exact) mass is 350 g/mol. The number of hydrogen-bond acceptors (Lipinski definition) is 4. The van der Waals surface area contributed by atoms with E-state index in [0.29, 0.717) is 31.2 Å². The zero-order valence-electron chi connectivity index (χ0n) is 15.0. The normalized spacial score (nSPS) is 14.3. The lowest BCUT2D eigenvalue weighted by Crippen LogP contribution is -2.37. The molecule has 0 amide bonds. The zero-order valence-corrected chi connectivity index (χ0v) is 15.0. The highest BCUT2D eigenvalue weighted by atomic mass is 16.3. The Morgan fingerprint density at radius 1 is 0.923 bits per heavy atom. The minimum absolute atomic E-state index is 0.268. The topological polar surface area (TPSA) is 71.4 Å². The van der Waals surface area contributed by atoms with Crippen LogP contribution < -0.4 is 0 Å². The van der Waals surface area contributed by atoms with Gasteiger partial charge in [0.15, 0.2) is 5.78 Å². The lowest BCUT2D eigenvalue weighted by atomic mass is 9.83. The van der Waals surface area contributed by atoms with Crippen LogP contribution in [0.25, 0.3) is 0 Å². The second-order valence-electron chi connectivity index (χ2n) is 6.76. The van der Waals surface area contributed by atoms with E-state index in [4.69, 9.17) is 0 Å². The molecule has 3 rings (SSSR count). The van der Waals surface area contributed by atoms with Crippen LogP contribution in [0.1, 0.15) is 68.9 Å². The summed E-state index contributed by atoms with van der Waals surface area (Å²) >= 11 is 0. The molecule has 4 nitrogen and oxygen atoms in total. The highest BCUT2D eigenvalue weighted by Crippen LogP contribution is 2.26. The average molecular weight is 350 g/mol. The second-order valence-corrected chi connectivity index (χ2v) is 6.76. The van der Waals surface area contributed by atoms with Crippen LogP contribution in [0.5, 0.6) is 0 Å². The summed E-state index contributed by atoms with van der Waals surface area (Å²) in [4.78, 5) is 38.2. The number of ketones is 3. The quantitative estimate of drug-likeness (QED) is 0.676. The van der Waals surface area contributed by atoms with Gasteiger partial charge in [-0.1, -0.05) is 50.2 Å². The molecule has 2 aromatic rings. The maximum atomic E-state index is 12.8. The third kappa shape index (κ3) is 3.01. The van der Waals surface area contributed by atoms with Crippen LogP contribution in [0, 0.1) is 0 Å². The summed E-state index contributed by atoms with van der Waals surface area (Å²) in [7, 11) is 0. The largest absolute Gasteiger partial charge is 0.382 e. The zero-order chi connectivity index (χ0) is 18.9. The van der Waals surface area contributed by atoms with Crippen molar-refractivity contribution in [3.63, 3.8) is 0 Å². The van der Waals surface area contributed by atoms with Crippen molar-refractivity contribution in [2.45, 2.75) is 45.1 Å². The van der Waals surface area contributed by atoms with E-state index < -0.39 is 23.0 Å². The summed E-state index contributed by atoms with van der Waals surface area (Å²) in [5, 5.41) is 10.5. The van der Waals surface area contributed by atoms with E-state index >= 15 is 0 Å². The minimum Gasteiger partial charge on any atom is -0.382 e. The van der Waals surface area contributed by atoms with Gasteiger partial charge in [-0.15, -0.1) is 0 Å². The first kappa shape index (κ1) is 18.2. The summed E-state index contributed by atoms with van der Waals surface area (Å²) in [6.45, 7) is 3.50. The van der Waals surface area contributed by atoms with Gasteiger partial charge in [0.05, 0.1) is 0 Å². The van der Waals surface area contributed by atoms with Crippen molar-refractivity contribution in [1.29, 1.82) is 0 Å². The number of benzene rings is 2. The Hall–Kier alpha value is -2.59. The van der Waals surface area contributed by atoms with Crippen molar-refractivity contribution < 1.29 is 19.5 Å². The lowest BCUT2D eigenvalue weighted by molar-refractivity contribution is 0.0277. The lowest BCUT2D eigenvalue weighted by Gasteiger charge is -2.24. The van der Waals surface area contributed by atoms with Crippen LogP contribution in [0.2, 0.25) is 0 Å². The molecule has 0 atom stereocenters. The molecule has 0 unspecified atom stereocenters.